The first-order valence-corrected chi connectivity index (χ1v) is 5.60. The van der Waals surface area contributed by atoms with Crippen molar-refractivity contribution < 1.29 is 9.90 Å². The number of fused-ring (bicyclic) bond motifs is 1. The molecule has 0 aliphatic heterocycles. The highest BCUT2D eigenvalue weighted by molar-refractivity contribution is 5.73. The molecule has 1 saturated carbocycles. The third-order valence-electron chi connectivity index (χ3n) is 4.36. The van der Waals surface area contributed by atoms with Gasteiger partial charge >= 0.3 is 5.97 Å². The molecule has 2 bridgehead atoms. The van der Waals surface area contributed by atoms with Crippen LogP contribution in [-0.4, -0.2) is 17.1 Å². The zero-order valence-corrected chi connectivity index (χ0v) is 9.36. The summed E-state index contributed by atoms with van der Waals surface area (Å²) >= 11 is 0. The van der Waals surface area contributed by atoms with E-state index in [1.807, 2.05) is 0 Å². The predicted octanol–water partition coefficient (Wildman–Crippen LogP) is 1.78. The Hall–Kier alpha value is -0.830. The summed E-state index contributed by atoms with van der Waals surface area (Å²) in [5.41, 5.74) is 7.21. The Morgan fingerprint density at radius 3 is 2.87 bits per heavy atom. The summed E-state index contributed by atoms with van der Waals surface area (Å²) in [6, 6.07) is -0.732. The van der Waals surface area contributed by atoms with Crippen LogP contribution in [0.1, 0.15) is 33.1 Å². The fourth-order valence-electron chi connectivity index (χ4n) is 3.05. The smallest absolute Gasteiger partial charge is 0.320 e. The number of hydrogen-bond acceptors (Lipinski definition) is 2. The quantitative estimate of drug-likeness (QED) is 0.696. The molecule has 0 aromatic heterocycles. The second kappa shape index (κ2) is 3.34. The molecule has 3 N–H and O–H groups in total. The Morgan fingerprint density at radius 1 is 1.73 bits per heavy atom. The molecule has 0 heterocycles. The van der Waals surface area contributed by atoms with Crippen molar-refractivity contribution in [3.05, 3.63) is 11.6 Å². The first kappa shape index (κ1) is 10.7. The Balaban J connectivity index is 2.05. The van der Waals surface area contributed by atoms with E-state index in [-0.39, 0.29) is 0 Å². The minimum Gasteiger partial charge on any atom is -0.480 e. The summed E-state index contributed by atoms with van der Waals surface area (Å²) in [6.07, 6.45) is 5.07. The standard InChI is InChI=1S/C12H19NO2/c1-12(2)8-4-3-7(9(12)6-8)5-10(13)11(14)15/h3,8-10H,4-6,13H2,1-2H3,(H,14,15). The SMILES string of the molecule is CC1(C)C2CC=C(CC(N)C(=O)O)C1C2. The molecule has 0 amide bonds. The molecule has 3 unspecified atom stereocenters. The molecule has 0 aromatic rings. The number of nitrogens with two attached hydrogens (primary N) is 1. The molecule has 0 spiro atoms. The molecule has 0 saturated heterocycles. The fourth-order valence-corrected chi connectivity index (χ4v) is 3.05. The van der Waals surface area contributed by atoms with Gasteiger partial charge in [-0.05, 0) is 36.5 Å². The minimum absolute atomic E-state index is 0.363. The first-order valence-electron chi connectivity index (χ1n) is 5.60. The van der Waals surface area contributed by atoms with Crippen LogP contribution in [0.5, 0.6) is 0 Å². The molecular formula is C12H19NO2. The van der Waals surface area contributed by atoms with Crippen LogP contribution < -0.4 is 5.73 Å². The van der Waals surface area contributed by atoms with Crippen molar-refractivity contribution in [3.8, 4) is 0 Å². The van der Waals surface area contributed by atoms with Crippen LogP contribution in [0.25, 0.3) is 0 Å². The molecule has 3 aliphatic rings. The largest absolute Gasteiger partial charge is 0.480 e. The molecule has 0 radical (unpaired) electrons. The number of hydrogen-bond donors (Lipinski definition) is 2. The topological polar surface area (TPSA) is 63.3 Å². The van der Waals surface area contributed by atoms with Crippen molar-refractivity contribution in [2.24, 2.45) is 23.0 Å². The van der Waals surface area contributed by atoms with Crippen LogP contribution in [-0.2, 0) is 4.79 Å². The lowest BCUT2D eigenvalue weighted by Crippen LogP contribution is -2.49. The van der Waals surface area contributed by atoms with E-state index in [1.165, 1.54) is 12.0 Å². The second-order valence-corrected chi connectivity index (χ2v) is 5.47. The maximum Gasteiger partial charge on any atom is 0.320 e. The van der Waals surface area contributed by atoms with E-state index in [9.17, 15) is 4.79 Å². The Bertz CT molecular complexity index is 320. The van der Waals surface area contributed by atoms with E-state index in [0.29, 0.717) is 17.8 Å². The van der Waals surface area contributed by atoms with Gasteiger partial charge in [-0.15, -0.1) is 0 Å². The van der Waals surface area contributed by atoms with Crippen molar-refractivity contribution in [1.29, 1.82) is 0 Å². The lowest BCUT2D eigenvalue weighted by molar-refractivity contribution is -0.138. The minimum atomic E-state index is -0.893. The molecule has 3 aliphatic carbocycles. The van der Waals surface area contributed by atoms with Gasteiger partial charge < -0.3 is 10.8 Å². The van der Waals surface area contributed by atoms with E-state index >= 15 is 0 Å². The van der Waals surface area contributed by atoms with Gasteiger partial charge in [-0.2, -0.15) is 0 Å². The Morgan fingerprint density at radius 2 is 2.40 bits per heavy atom. The van der Waals surface area contributed by atoms with E-state index < -0.39 is 12.0 Å². The zero-order chi connectivity index (χ0) is 11.2. The number of allylic oxidation sites excluding steroid dienone is 1. The van der Waals surface area contributed by atoms with Gasteiger partial charge in [0.2, 0.25) is 0 Å². The zero-order valence-electron chi connectivity index (χ0n) is 9.36. The summed E-state index contributed by atoms with van der Waals surface area (Å²) in [6.45, 7) is 4.57. The first-order chi connectivity index (χ1) is 6.93. The van der Waals surface area contributed by atoms with Crippen LogP contribution in [0.4, 0.5) is 0 Å². The highest BCUT2D eigenvalue weighted by Crippen LogP contribution is 2.59. The Kier molecular flexibility index (Phi) is 2.38. The van der Waals surface area contributed by atoms with Crippen LogP contribution in [0.2, 0.25) is 0 Å². The summed E-state index contributed by atoms with van der Waals surface area (Å²) in [5.74, 6) is 0.476. The highest BCUT2D eigenvalue weighted by Gasteiger charge is 2.51. The summed E-state index contributed by atoms with van der Waals surface area (Å²) in [7, 11) is 0. The van der Waals surface area contributed by atoms with Gasteiger partial charge in [-0.25, -0.2) is 0 Å². The number of carboxylic acids is 1. The van der Waals surface area contributed by atoms with Crippen LogP contribution in [0, 0.1) is 17.3 Å². The van der Waals surface area contributed by atoms with Crippen LogP contribution >= 0.6 is 0 Å². The van der Waals surface area contributed by atoms with E-state index in [1.54, 1.807) is 0 Å². The maximum absolute atomic E-state index is 10.7. The summed E-state index contributed by atoms with van der Waals surface area (Å²) < 4.78 is 0. The molecular weight excluding hydrogens is 190 g/mol. The number of aliphatic carboxylic acids is 1. The van der Waals surface area contributed by atoms with Gasteiger partial charge in [0.05, 0.1) is 0 Å². The van der Waals surface area contributed by atoms with Crippen molar-refractivity contribution in [2.75, 3.05) is 0 Å². The van der Waals surface area contributed by atoms with Gasteiger partial charge in [-0.1, -0.05) is 25.5 Å². The second-order valence-electron chi connectivity index (χ2n) is 5.47. The van der Waals surface area contributed by atoms with Gasteiger partial charge in [0.15, 0.2) is 0 Å². The number of rotatable bonds is 3. The highest BCUT2D eigenvalue weighted by atomic mass is 16.4. The van der Waals surface area contributed by atoms with E-state index in [2.05, 4.69) is 19.9 Å². The lowest BCUT2D eigenvalue weighted by Gasteiger charge is -2.56. The normalized spacial score (nSPS) is 33.9. The van der Waals surface area contributed by atoms with Gasteiger partial charge in [0.25, 0.3) is 0 Å². The molecule has 0 aromatic carbocycles. The molecule has 3 rings (SSSR count). The van der Waals surface area contributed by atoms with Gasteiger partial charge in [-0.3, -0.25) is 4.79 Å². The third-order valence-corrected chi connectivity index (χ3v) is 4.36. The lowest BCUT2D eigenvalue weighted by atomic mass is 9.48. The van der Waals surface area contributed by atoms with Crippen molar-refractivity contribution in [2.45, 2.75) is 39.2 Å². The third kappa shape index (κ3) is 1.59. The number of carboxylic acid groups (broad SMARTS) is 1. The predicted molar refractivity (Wildman–Crippen MR) is 58.3 cm³/mol. The summed E-state index contributed by atoms with van der Waals surface area (Å²) in [4.78, 5) is 10.7. The Labute approximate surface area is 90.3 Å². The monoisotopic (exact) mass is 209 g/mol. The molecule has 3 heteroatoms. The van der Waals surface area contributed by atoms with E-state index in [4.69, 9.17) is 10.8 Å². The van der Waals surface area contributed by atoms with Crippen molar-refractivity contribution in [1.82, 2.24) is 0 Å². The summed E-state index contributed by atoms with van der Waals surface area (Å²) in [5, 5.41) is 8.79. The van der Waals surface area contributed by atoms with Gasteiger partial charge in [0, 0.05) is 0 Å². The number of carbonyl (C=O) groups is 1. The molecule has 84 valence electrons. The molecule has 15 heavy (non-hydrogen) atoms. The van der Waals surface area contributed by atoms with Gasteiger partial charge in [0.1, 0.15) is 6.04 Å². The average molecular weight is 209 g/mol. The maximum atomic E-state index is 10.7. The van der Waals surface area contributed by atoms with Crippen molar-refractivity contribution in [3.63, 3.8) is 0 Å². The fraction of sp³-hybridized carbons (Fsp3) is 0.750. The van der Waals surface area contributed by atoms with Crippen LogP contribution in [0.15, 0.2) is 11.6 Å². The molecule has 1 fully saturated rings. The molecule has 3 nitrogen and oxygen atoms in total. The average Bonchev–Trinajstić information content (AvgIpc) is 2.17. The van der Waals surface area contributed by atoms with Crippen LogP contribution in [0.3, 0.4) is 0 Å². The van der Waals surface area contributed by atoms with Crippen molar-refractivity contribution >= 4 is 5.97 Å². The molecule has 3 atom stereocenters. The van der Waals surface area contributed by atoms with E-state index in [0.717, 1.165) is 12.3 Å².